The second-order valence-electron chi connectivity index (χ2n) is 6.69. The zero-order chi connectivity index (χ0) is 17.8. The standard InChI is InChI=1S/C20H22ClN5/c21-17-6-3-9-23-18(17)13-26(11-8-16-12-22-14-25-16)19-7-1-4-15-5-2-10-24-20(15)19/h2-3,5-6,9-10,12,14,19H,1,4,7-8,11,13H2,(H,22,25). The highest BCUT2D eigenvalue weighted by molar-refractivity contribution is 6.31. The van der Waals surface area contributed by atoms with Gasteiger partial charge < -0.3 is 4.98 Å². The minimum atomic E-state index is 0.293. The molecule has 0 saturated carbocycles. The molecule has 0 aliphatic heterocycles. The lowest BCUT2D eigenvalue weighted by molar-refractivity contribution is 0.165. The average molecular weight is 368 g/mol. The quantitative estimate of drug-likeness (QED) is 0.716. The Labute approximate surface area is 158 Å². The Hall–Kier alpha value is -2.24. The predicted molar refractivity (Wildman–Crippen MR) is 102 cm³/mol. The lowest BCUT2D eigenvalue weighted by atomic mass is 9.90. The van der Waals surface area contributed by atoms with Crippen LogP contribution in [0, 0.1) is 0 Å². The summed E-state index contributed by atoms with van der Waals surface area (Å²) in [5.41, 5.74) is 4.62. The summed E-state index contributed by atoms with van der Waals surface area (Å²) >= 11 is 6.39. The normalized spacial score (nSPS) is 16.6. The number of pyridine rings is 2. The van der Waals surface area contributed by atoms with Gasteiger partial charge in [-0.1, -0.05) is 17.7 Å². The van der Waals surface area contributed by atoms with Crippen LogP contribution in [0.15, 0.2) is 49.2 Å². The number of nitrogens with one attached hydrogen (secondary N) is 1. The Morgan fingerprint density at radius 3 is 2.92 bits per heavy atom. The van der Waals surface area contributed by atoms with Crippen LogP contribution < -0.4 is 0 Å². The molecule has 26 heavy (non-hydrogen) atoms. The molecule has 1 aliphatic carbocycles. The summed E-state index contributed by atoms with van der Waals surface area (Å²) in [7, 11) is 0. The van der Waals surface area contributed by atoms with Gasteiger partial charge in [-0.2, -0.15) is 0 Å². The molecule has 1 atom stereocenters. The molecule has 0 spiro atoms. The van der Waals surface area contributed by atoms with Crippen molar-refractivity contribution in [2.24, 2.45) is 0 Å². The molecule has 5 nitrogen and oxygen atoms in total. The van der Waals surface area contributed by atoms with Crippen LogP contribution in [0.25, 0.3) is 0 Å². The van der Waals surface area contributed by atoms with E-state index in [-0.39, 0.29) is 0 Å². The Morgan fingerprint density at radius 1 is 1.19 bits per heavy atom. The average Bonchev–Trinajstić information content (AvgIpc) is 3.20. The Kier molecular flexibility index (Phi) is 5.27. The molecular formula is C20H22ClN5. The molecule has 3 heterocycles. The minimum Gasteiger partial charge on any atom is -0.348 e. The molecule has 3 aromatic heterocycles. The summed E-state index contributed by atoms with van der Waals surface area (Å²) < 4.78 is 0. The largest absolute Gasteiger partial charge is 0.348 e. The SMILES string of the molecule is Clc1cccnc1CN(CCc1cnc[nH]1)C1CCCc2cccnc21. The van der Waals surface area contributed by atoms with E-state index in [4.69, 9.17) is 16.6 Å². The summed E-state index contributed by atoms with van der Waals surface area (Å²) in [5, 5.41) is 0.719. The number of aryl methyl sites for hydroxylation is 1. The van der Waals surface area contributed by atoms with E-state index in [1.54, 1.807) is 12.5 Å². The summed E-state index contributed by atoms with van der Waals surface area (Å²) in [6.07, 6.45) is 11.6. The van der Waals surface area contributed by atoms with E-state index in [2.05, 4.69) is 25.9 Å². The van der Waals surface area contributed by atoms with Gasteiger partial charge in [0.2, 0.25) is 0 Å². The van der Waals surface area contributed by atoms with E-state index in [0.29, 0.717) is 12.6 Å². The van der Waals surface area contributed by atoms with Gasteiger partial charge in [0.05, 0.1) is 28.8 Å². The number of aromatic amines is 1. The summed E-state index contributed by atoms with van der Waals surface area (Å²) in [6, 6.07) is 8.31. The summed E-state index contributed by atoms with van der Waals surface area (Å²) in [6.45, 7) is 1.62. The van der Waals surface area contributed by atoms with Crippen molar-refractivity contribution in [3.8, 4) is 0 Å². The van der Waals surface area contributed by atoms with Crippen molar-refractivity contribution in [3.63, 3.8) is 0 Å². The van der Waals surface area contributed by atoms with Crippen molar-refractivity contribution in [2.75, 3.05) is 6.54 Å². The maximum atomic E-state index is 6.39. The van der Waals surface area contributed by atoms with E-state index in [1.807, 2.05) is 30.6 Å². The van der Waals surface area contributed by atoms with E-state index in [0.717, 1.165) is 42.2 Å². The molecule has 134 valence electrons. The Bertz CT molecular complexity index is 849. The third-order valence-electron chi connectivity index (χ3n) is 5.02. The van der Waals surface area contributed by atoms with Gasteiger partial charge in [0.1, 0.15) is 0 Å². The van der Waals surface area contributed by atoms with Crippen LogP contribution in [0.1, 0.15) is 41.5 Å². The van der Waals surface area contributed by atoms with Gasteiger partial charge in [-0.05, 0) is 43.0 Å². The number of halogens is 1. The number of hydrogen-bond acceptors (Lipinski definition) is 4. The van der Waals surface area contributed by atoms with Crippen LogP contribution in [0.5, 0.6) is 0 Å². The smallest absolute Gasteiger partial charge is 0.0921 e. The molecule has 0 radical (unpaired) electrons. The fourth-order valence-corrected chi connectivity index (χ4v) is 3.88. The van der Waals surface area contributed by atoms with Gasteiger partial charge in [-0.3, -0.25) is 14.9 Å². The van der Waals surface area contributed by atoms with Crippen molar-refractivity contribution in [1.82, 2.24) is 24.8 Å². The van der Waals surface area contributed by atoms with E-state index >= 15 is 0 Å². The molecule has 3 aromatic rings. The van der Waals surface area contributed by atoms with Crippen LogP contribution in [0.3, 0.4) is 0 Å². The van der Waals surface area contributed by atoms with Gasteiger partial charge in [0, 0.05) is 43.8 Å². The first kappa shape index (κ1) is 17.2. The topological polar surface area (TPSA) is 57.7 Å². The second kappa shape index (κ2) is 7.98. The van der Waals surface area contributed by atoms with Crippen molar-refractivity contribution in [3.05, 3.63) is 76.9 Å². The highest BCUT2D eigenvalue weighted by atomic mass is 35.5. The van der Waals surface area contributed by atoms with Crippen molar-refractivity contribution in [2.45, 2.75) is 38.3 Å². The molecular weight excluding hydrogens is 346 g/mol. The third kappa shape index (κ3) is 3.79. The monoisotopic (exact) mass is 367 g/mol. The lowest BCUT2D eigenvalue weighted by Crippen LogP contribution is -2.33. The third-order valence-corrected chi connectivity index (χ3v) is 5.36. The number of rotatable bonds is 6. The van der Waals surface area contributed by atoms with Gasteiger partial charge >= 0.3 is 0 Å². The van der Waals surface area contributed by atoms with E-state index in [1.165, 1.54) is 17.7 Å². The van der Waals surface area contributed by atoms with Crippen molar-refractivity contribution >= 4 is 11.6 Å². The maximum Gasteiger partial charge on any atom is 0.0921 e. The molecule has 0 aromatic carbocycles. The number of hydrogen-bond donors (Lipinski definition) is 1. The fraction of sp³-hybridized carbons (Fsp3) is 0.350. The molecule has 6 heteroatoms. The van der Waals surface area contributed by atoms with Crippen LogP contribution in [-0.4, -0.2) is 31.4 Å². The fourth-order valence-electron chi connectivity index (χ4n) is 3.70. The zero-order valence-corrected chi connectivity index (χ0v) is 15.4. The molecule has 1 N–H and O–H groups in total. The summed E-state index contributed by atoms with van der Waals surface area (Å²) in [4.78, 5) is 19.0. The first-order chi connectivity index (χ1) is 12.8. The van der Waals surface area contributed by atoms with Crippen LogP contribution in [0.4, 0.5) is 0 Å². The van der Waals surface area contributed by atoms with Gasteiger partial charge in [-0.15, -0.1) is 0 Å². The van der Waals surface area contributed by atoms with Crippen LogP contribution >= 0.6 is 11.6 Å². The maximum absolute atomic E-state index is 6.39. The van der Waals surface area contributed by atoms with Crippen LogP contribution in [-0.2, 0) is 19.4 Å². The van der Waals surface area contributed by atoms with Crippen molar-refractivity contribution in [1.29, 1.82) is 0 Å². The summed E-state index contributed by atoms with van der Waals surface area (Å²) in [5.74, 6) is 0. The molecule has 0 saturated heterocycles. The van der Waals surface area contributed by atoms with Gasteiger partial charge in [0.15, 0.2) is 0 Å². The molecule has 0 bridgehead atoms. The number of aromatic nitrogens is 4. The number of H-pyrrole nitrogens is 1. The molecule has 4 rings (SSSR count). The first-order valence-corrected chi connectivity index (χ1v) is 9.43. The molecule has 1 unspecified atom stereocenters. The number of fused-ring (bicyclic) bond motifs is 1. The number of nitrogens with zero attached hydrogens (tertiary/aromatic N) is 4. The predicted octanol–water partition coefficient (Wildman–Crippen LogP) is 3.98. The van der Waals surface area contributed by atoms with Gasteiger partial charge in [-0.25, -0.2) is 4.98 Å². The number of imidazole rings is 1. The highest BCUT2D eigenvalue weighted by Crippen LogP contribution is 2.34. The molecule has 0 amide bonds. The lowest BCUT2D eigenvalue weighted by Gasteiger charge is -2.35. The first-order valence-electron chi connectivity index (χ1n) is 9.06. The Morgan fingerprint density at radius 2 is 2.08 bits per heavy atom. The molecule has 1 aliphatic rings. The Balaban J connectivity index is 1.61. The van der Waals surface area contributed by atoms with Crippen LogP contribution in [0.2, 0.25) is 5.02 Å². The molecule has 0 fully saturated rings. The highest BCUT2D eigenvalue weighted by Gasteiger charge is 2.27. The van der Waals surface area contributed by atoms with E-state index in [9.17, 15) is 0 Å². The minimum absolute atomic E-state index is 0.293. The second-order valence-corrected chi connectivity index (χ2v) is 7.09. The zero-order valence-electron chi connectivity index (χ0n) is 14.6. The van der Waals surface area contributed by atoms with Gasteiger partial charge in [0.25, 0.3) is 0 Å². The van der Waals surface area contributed by atoms with E-state index < -0.39 is 0 Å². The van der Waals surface area contributed by atoms with Crippen molar-refractivity contribution < 1.29 is 0 Å².